The molecule has 3 rings (SSSR count). The van der Waals surface area contributed by atoms with Crippen LogP contribution in [0.25, 0.3) is 0 Å². The molecule has 2 unspecified atom stereocenters. The second-order valence-corrected chi connectivity index (χ2v) is 6.86. The minimum atomic E-state index is -0.507. The van der Waals surface area contributed by atoms with Gasteiger partial charge in [-0.05, 0) is 37.0 Å². The standard InChI is InChI=1S/C19H25N3O2/c1-13(2)18-20-9-10-22(18)12-14-5-3-6-15(11-14)21-19(24)16-7-4-8-17(16)23/h3,5-6,9-11,13,16-17,23H,4,7-8,12H2,1-2H3,(H,21,24). The maximum Gasteiger partial charge on any atom is 0.230 e. The predicted molar refractivity (Wildman–Crippen MR) is 93.8 cm³/mol. The van der Waals surface area contributed by atoms with Gasteiger partial charge in [0, 0.05) is 30.5 Å². The molecule has 1 heterocycles. The van der Waals surface area contributed by atoms with E-state index < -0.39 is 6.10 Å². The maximum atomic E-state index is 12.3. The number of hydrogen-bond donors (Lipinski definition) is 2. The highest BCUT2D eigenvalue weighted by molar-refractivity contribution is 5.93. The molecule has 1 aliphatic rings. The lowest BCUT2D eigenvalue weighted by Crippen LogP contribution is -2.28. The van der Waals surface area contributed by atoms with Gasteiger partial charge in [-0.2, -0.15) is 0 Å². The van der Waals surface area contributed by atoms with E-state index in [2.05, 4.69) is 28.7 Å². The van der Waals surface area contributed by atoms with Gasteiger partial charge in [0.05, 0.1) is 12.0 Å². The Bertz CT molecular complexity index is 708. The van der Waals surface area contributed by atoms with E-state index in [4.69, 9.17) is 0 Å². The van der Waals surface area contributed by atoms with Gasteiger partial charge in [0.2, 0.25) is 5.91 Å². The van der Waals surface area contributed by atoms with Crippen molar-refractivity contribution in [3.8, 4) is 0 Å². The number of imidazole rings is 1. The van der Waals surface area contributed by atoms with Crippen LogP contribution >= 0.6 is 0 Å². The van der Waals surface area contributed by atoms with Crippen molar-refractivity contribution in [3.05, 3.63) is 48.0 Å². The van der Waals surface area contributed by atoms with Crippen molar-refractivity contribution in [2.24, 2.45) is 5.92 Å². The van der Waals surface area contributed by atoms with E-state index in [1.54, 1.807) is 0 Å². The highest BCUT2D eigenvalue weighted by atomic mass is 16.3. The first-order valence-corrected chi connectivity index (χ1v) is 8.63. The first-order valence-electron chi connectivity index (χ1n) is 8.63. The number of aromatic nitrogens is 2. The monoisotopic (exact) mass is 327 g/mol. The van der Waals surface area contributed by atoms with Gasteiger partial charge < -0.3 is 15.0 Å². The lowest BCUT2D eigenvalue weighted by molar-refractivity contribution is -0.122. The van der Waals surface area contributed by atoms with E-state index in [1.165, 1.54) is 0 Å². The third-order valence-electron chi connectivity index (χ3n) is 4.63. The first kappa shape index (κ1) is 16.7. The van der Waals surface area contributed by atoms with E-state index in [-0.39, 0.29) is 11.8 Å². The summed E-state index contributed by atoms with van der Waals surface area (Å²) in [5.41, 5.74) is 1.89. The summed E-state index contributed by atoms with van der Waals surface area (Å²) < 4.78 is 2.13. The predicted octanol–water partition coefficient (Wildman–Crippen LogP) is 3.15. The number of nitrogens with one attached hydrogen (secondary N) is 1. The van der Waals surface area contributed by atoms with E-state index in [1.807, 2.05) is 36.7 Å². The fourth-order valence-electron chi connectivity index (χ4n) is 3.38. The maximum absolute atomic E-state index is 12.3. The molecule has 2 aromatic rings. The van der Waals surface area contributed by atoms with Crippen molar-refractivity contribution in [1.82, 2.24) is 9.55 Å². The molecule has 5 nitrogen and oxygen atoms in total. The molecule has 2 N–H and O–H groups in total. The van der Waals surface area contributed by atoms with Crippen LogP contribution in [-0.4, -0.2) is 26.7 Å². The number of nitrogens with zero attached hydrogens (tertiary/aromatic N) is 2. The van der Waals surface area contributed by atoms with Crippen LogP contribution in [0.1, 0.15) is 50.4 Å². The third-order valence-corrected chi connectivity index (χ3v) is 4.63. The average molecular weight is 327 g/mol. The quantitative estimate of drug-likeness (QED) is 0.886. The number of anilines is 1. The zero-order valence-corrected chi connectivity index (χ0v) is 14.3. The Morgan fingerprint density at radius 2 is 2.25 bits per heavy atom. The number of carbonyl (C=O) groups excluding carboxylic acids is 1. The van der Waals surface area contributed by atoms with Crippen molar-refractivity contribution in [1.29, 1.82) is 0 Å². The molecule has 1 aromatic carbocycles. The number of carbonyl (C=O) groups is 1. The van der Waals surface area contributed by atoms with E-state index >= 15 is 0 Å². The van der Waals surface area contributed by atoms with Gasteiger partial charge in [-0.1, -0.05) is 26.0 Å². The lowest BCUT2D eigenvalue weighted by Gasteiger charge is -2.15. The van der Waals surface area contributed by atoms with E-state index in [9.17, 15) is 9.90 Å². The number of rotatable bonds is 5. The van der Waals surface area contributed by atoms with Gasteiger partial charge in [0.15, 0.2) is 0 Å². The van der Waals surface area contributed by atoms with Gasteiger partial charge in [-0.3, -0.25) is 4.79 Å². The third kappa shape index (κ3) is 3.67. The molecule has 1 fully saturated rings. The molecule has 0 radical (unpaired) electrons. The number of aliphatic hydroxyl groups excluding tert-OH is 1. The largest absolute Gasteiger partial charge is 0.392 e. The molecule has 5 heteroatoms. The fraction of sp³-hybridized carbons (Fsp3) is 0.474. The highest BCUT2D eigenvalue weighted by Gasteiger charge is 2.31. The van der Waals surface area contributed by atoms with Crippen molar-refractivity contribution < 1.29 is 9.90 Å². The summed E-state index contributed by atoms with van der Waals surface area (Å²) in [5.74, 6) is 1.06. The van der Waals surface area contributed by atoms with Crippen molar-refractivity contribution in [3.63, 3.8) is 0 Å². The molecule has 1 amide bonds. The van der Waals surface area contributed by atoms with Crippen LogP contribution in [-0.2, 0) is 11.3 Å². The van der Waals surface area contributed by atoms with Crippen molar-refractivity contribution >= 4 is 11.6 Å². The summed E-state index contributed by atoms with van der Waals surface area (Å²) in [6.45, 7) is 4.98. The topological polar surface area (TPSA) is 67.2 Å². The number of benzene rings is 1. The molecule has 0 saturated heterocycles. The summed E-state index contributed by atoms with van der Waals surface area (Å²) in [6.07, 6.45) is 5.69. The van der Waals surface area contributed by atoms with Crippen molar-refractivity contribution in [2.45, 2.75) is 51.7 Å². The summed E-state index contributed by atoms with van der Waals surface area (Å²) in [4.78, 5) is 16.7. The van der Waals surface area contributed by atoms with Gasteiger partial charge in [-0.15, -0.1) is 0 Å². The molecule has 2 atom stereocenters. The van der Waals surface area contributed by atoms with Gasteiger partial charge in [0.25, 0.3) is 0 Å². The van der Waals surface area contributed by atoms with Gasteiger partial charge in [-0.25, -0.2) is 4.98 Å². The second kappa shape index (κ2) is 7.18. The Kier molecular flexibility index (Phi) is 5.00. The number of aliphatic hydroxyl groups is 1. The van der Waals surface area contributed by atoms with Crippen LogP contribution in [0.15, 0.2) is 36.7 Å². The minimum Gasteiger partial charge on any atom is -0.392 e. The van der Waals surface area contributed by atoms with Gasteiger partial charge >= 0.3 is 0 Å². The highest BCUT2D eigenvalue weighted by Crippen LogP contribution is 2.27. The zero-order valence-electron chi connectivity index (χ0n) is 14.3. The molecule has 0 bridgehead atoms. The van der Waals surface area contributed by atoms with E-state index in [0.29, 0.717) is 5.92 Å². The molecule has 1 aromatic heterocycles. The van der Waals surface area contributed by atoms with Crippen LogP contribution in [0.2, 0.25) is 0 Å². The summed E-state index contributed by atoms with van der Waals surface area (Å²) in [7, 11) is 0. The normalized spacial score (nSPS) is 20.5. The Balaban J connectivity index is 1.70. The SMILES string of the molecule is CC(C)c1nccn1Cc1cccc(NC(=O)C2CCCC2O)c1. The van der Waals surface area contributed by atoms with E-state index in [0.717, 1.165) is 42.9 Å². The van der Waals surface area contributed by atoms with Crippen LogP contribution in [0.3, 0.4) is 0 Å². The number of amides is 1. The van der Waals surface area contributed by atoms with Crippen LogP contribution in [0, 0.1) is 5.92 Å². The first-order chi connectivity index (χ1) is 11.5. The fourth-order valence-corrected chi connectivity index (χ4v) is 3.38. The Labute approximate surface area is 142 Å². The molecular weight excluding hydrogens is 302 g/mol. The van der Waals surface area contributed by atoms with Gasteiger partial charge in [0.1, 0.15) is 5.82 Å². The van der Waals surface area contributed by atoms with Crippen LogP contribution in [0.4, 0.5) is 5.69 Å². The Morgan fingerprint density at radius 3 is 2.96 bits per heavy atom. The molecular formula is C19H25N3O2. The Morgan fingerprint density at radius 1 is 1.42 bits per heavy atom. The smallest absolute Gasteiger partial charge is 0.230 e. The molecule has 128 valence electrons. The summed E-state index contributed by atoms with van der Waals surface area (Å²) in [5, 5.41) is 12.8. The molecule has 1 aliphatic carbocycles. The van der Waals surface area contributed by atoms with Crippen molar-refractivity contribution in [2.75, 3.05) is 5.32 Å². The minimum absolute atomic E-state index is 0.0809. The van der Waals surface area contributed by atoms with Crippen LogP contribution < -0.4 is 5.32 Å². The summed E-state index contributed by atoms with van der Waals surface area (Å²) >= 11 is 0. The zero-order chi connectivity index (χ0) is 17.1. The number of hydrogen-bond acceptors (Lipinski definition) is 3. The summed E-state index contributed by atoms with van der Waals surface area (Å²) in [6, 6.07) is 7.87. The molecule has 0 aliphatic heterocycles. The Hall–Kier alpha value is -2.14. The molecule has 0 spiro atoms. The lowest BCUT2D eigenvalue weighted by atomic mass is 10.0. The molecule has 1 saturated carbocycles. The molecule has 24 heavy (non-hydrogen) atoms. The second-order valence-electron chi connectivity index (χ2n) is 6.86. The average Bonchev–Trinajstić information content (AvgIpc) is 3.16. The van der Waals surface area contributed by atoms with Crippen LogP contribution in [0.5, 0.6) is 0 Å².